The van der Waals surface area contributed by atoms with Crippen molar-refractivity contribution in [2.45, 2.75) is 52.0 Å². The molecule has 0 aliphatic heterocycles. The second kappa shape index (κ2) is 10.9. The first-order valence-corrected chi connectivity index (χ1v) is 6.87. The molecule has 0 radical (unpaired) electrons. The van der Waals surface area contributed by atoms with Crippen LogP contribution in [-0.2, 0) is 9.59 Å². The summed E-state index contributed by atoms with van der Waals surface area (Å²) in [7, 11) is 0. The Kier molecular flexibility index (Phi) is 9.75. The number of aliphatic carboxylic acids is 1. The van der Waals surface area contributed by atoms with Crippen LogP contribution in [0.3, 0.4) is 0 Å². The summed E-state index contributed by atoms with van der Waals surface area (Å²) in [5.74, 6) is -1.21. The molecule has 0 aliphatic carbocycles. The van der Waals surface area contributed by atoms with E-state index in [1.807, 2.05) is 19.9 Å². The fourth-order valence-corrected chi connectivity index (χ4v) is 1.37. The average molecular weight is 281 g/mol. The molecule has 20 heavy (non-hydrogen) atoms. The molecule has 112 valence electrons. The molecule has 1 unspecified atom stereocenters. The van der Waals surface area contributed by atoms with E-state index in [1.54, 1.807) is 0 Å². The molecule has 0 aliphatic rings. The summed E-state index contributed by atoms with van der Waals surface area (Å²) in [4.78, 5) is 22.0. The average Bonchev–Trinajstić information content (AvgIpc) is 2.42. The van der Waals surface area contributed by atoms with Crippen LogP contribution in [0.15, 0.2) is 11.8 Å². The molecule has 3 N–H and O–H groups in total. The number of carboxylic acid groups (broad SMARTS) is 1. The predicted octanol–water partition coefficient (Wildman–Crippen LogP) is 1.54. The Morgan fingerprint density at radius 1 is 1.35 bits per heavy atom. The zero-order chi connectivity index (χ0) is 15.4. The Morgan fingerprint density at radius 2 is 2.05 bits per heavy atom. The number of carboxylic acids is 1. The minimum Gasteiger partial charge on any atom is -0.481 e. The number of hydrogen-bond acceptors (Lipinski definition) is 4. The largest absolute Gasteiger partial charge is 0.481 e. The van der Waals surface area contributed by atoms with Crippen LogP contribution in [0.1, 0.15) is 46.0 Å². The number of nitrogens with zero attached hydrogens (tertiary/aromatic N) is 1. The second-order valence-corrected chi connectivity index (χ2v) is 4.61. The summed E-state index contributed by atoms with van der Waals surface area (Å²) >= 11 is 0. The quantitative estimate of drug-likeness (QED) is 0.320. The summed E-state index contributed by atoms with van der Waals surface area (Å²) in [5.41, 5.74) is 0.0517. The van der Waals surface area contributed by atoms with Crippen molar-refractivity contribution in [3.63, 3.8) is 0 Å². The topological polar surface area (TPSA) is 102 Å². The molecule has 6 heteroatoms. The molecule has 1 amide bonds. The molecule has 0 bridgehead atoms. The van der Waals surface area contributed by atoms with Gasteiger partial charge >= 0.3 is 5.97 Å². The Labute approximate surface area is 119 Å². The molecule has 0 rings (SSSR count). The Morgan fingerprint density at radius 3 is 2.60 bits per heavy atom. The first-order chi connectivity index (χ1) is 9.51. The highest BCUT2D eigenvalue weighted by Gasteiger charge is 2.08. The first kappa shape index (κ1) is 18.0. The van der Waals surface area contributed by atoms with Gasteiger partial charge in [0, 0.05) is 25.2 Å². The standard InChI is InChI=1S/C14H23N3O3/c1-3-11(2)17-10-12(9-15)14(20)16-8-6-4-5-7-13(18)19/h10-11,17H,3-8H2,1-2H3,(H,16,20)(H,18,19)/b12-10-. The highest BCUT2D eigenvalue weighted by Crippen LogP contribution is 1.99. The van der Waals surface area contributed by atoms with Crippen LogP contribution < -0.4 is 10.6 Å². The number of amides is 1. The van der Waals surface area contributed by atoms with Crippen LogP contribution in [0.2, 0.25) is 0 Å². The first-order valence-electron chi connectivity index (χ1n) is 6.87. The molecular formula is C14H23N3O3. The third kappa shape index (κ3) is 8.97. The summed E-state index contributed by atoms with van der Waals surface area (Å²) in [6.07, 6.45) is 4.53. The monoisotopic (exact) mass is 281 g/mol. The third-order valence-corrected chi connectivity index (χ3v) is 2.84. The summed E-state index contributed by atoms with van der Waals surface area (Å²) < 4.78 is 0. The van der Waals surface area contributed by atoms with Crippen molar-refractivity contribution >= 4 is 11.9 Å². The Hall–Kier alpha value is -2.03. The lowest BCUT2D eigenvalue weighted by Crippen LogP contribution is -2.28. The van der Waals surface area contributed by atoms with Gasteiger partial charge in [0.1, 0.15) is 11.6 Å². The maximum absolute atomic E-state index is 11.7. The van der Waals surface area contributed by atoms with Crippen molar-refractivity contribution in [1.82, 2.24) is 10.6 Å². The van der Waals surface area contributed by atoms with E-state index in [-0.39, 0.29) is 18.0 Å². The molecule has 1 atom stereocenters. The zero-order valence-electron chi connectivity index (χ0n) is 12.1. The molecule has 0 aromatic rings. The Balaban J connectivity index is 3.93. The highest BCUT2D eigenvalue weighted by atomic mass is 16.4. The number of nitrogens with one attached hydrogen (secondary N) is 2. The van der Waals surface area contributed by atoms with Gasteiger partial charge in [-0.2, -0.15) is 5.26 Å². The molecule has 0 saturated carbocycles. The SMILES string of the molecule is CCC(C)N/C=C(/C#N)C(=O)NCCCCCC(=O)O. The van der Waals surface area contributed by atoms with Crippen molar-refractivity contribution in [1.29, 1.82) is 5.26 Å². The van der Waals surface area contributed by atoms with Crippen molar-refractivity contribution in [2.24, 2.45) is 0 Å². The Bertz CT molecular complexity index is 386. The van der Waals surface area contributed by atoms with Crippen molar-refractivity contribution < 1.29 is 14.7 Å². The summed E-state index contributed by atoms with van der Waals surface area (Å²) in [6, 6.07) is 2.07. The molecule has 0 heterocycles. The van der Waals surface area contributed by atoms with Crippen LogP contribution in [0.5, 0.6) is 0 Å². The number of nitriles is 1. The predicted molar refractivity (Wildman–Crippen MR) is 75.7 cm³/mol. The van der Waals surface area contributed by atoms with E-state index in [1.165, 1.54) is 6.20 Å². The smallest absolute Gasteiger partial charge is 0.303 e. The number of hydrogen-bond donors (Lipinski definition) is 3. The number of unbranched alkanes of at least 4 members (excludes halogenated alkanes) is 2. The van der Waals surface area contributed by atoms with Gasteiger partial charge < -0.3 is 15.7 Å². The van der Waals surface area contributed by atoms with Gasteiger partial charge in [0.25, 0.3) is 5.91 Å². The maximum atomic E-state index is 11.7. The van der Waals surface area contributed by atoms with Crippen molar-refractivity contribution in [3.8, 4) is 6.07 Å². The number of carbonyl (C=O) groups excluding carboxylic acids is 1. The van der Waals surface area contributed by atoms with Gasteiger partial charge in [-0.3, -0.25) is 9.59 Å². The minimum atomic E-state index is -0.806. The lowest BCUT2D eigenvalue weighted by atomic mass is 10.2. The van der Waals surface area contributed by atoms with Gasteiger partial charge in [-0.15, -0.1) is 0 Å². The highest BCUT2D eigenvalue weighted by molar-refractivity contribution is 5.97. The van der Waals surface area contributed by atoms with Gasteiger partial charge in [-0.1, -0.05) is 13.3 Å². The summed E-state index contributed by atoms with van der Waals surface area (Å²) in [5, 5.41) is 23.0. The normalized spacial score (nSPS) is 12.3. The van der Waals surface area contributed by atoms with Crippen LogP contribution >= 0.6 is 0 Å². The van der Waals surface area contributed by atoms with Crippen molar-refractivity contribution in [3.05, 3.63) is 11.8 Å². The lowest BCUT2D eigenvalue weighted by molar-refractivity contribution is -0.137. The van der Waals surface area contributed by atoms with Crippen LogP contribution in [0.4, 0.5) is 0 Å². The van der Waals surface area contributed by atoms with Gasteiger partial charge in [-0.25, -0.2) is 0 Å². The van der Waals surface area contributed by atoms with E-state index in [0.717, 1.165) is 12.8 Å². The fraction of sp³-hybridized carbons (Fsp3) is 0.643. The molecule has 0 saturated heterocycles. The van der Waals surface area contributed by atoms with E-state index in [4.69, 9.17) is 10.4 Å². The van der Waals surface area contributed by atoms with E-state index < -0.39 is 11.9 Å². The van der Waals surface area contributed by atoms with Gasteiger partial charge in [0.2, 0.25) is 0 Å². The van der Waals surface area contributed by atoms with E-state index in [2.05, 4.69) is 10.6 Å². The van der Waals surface area contributed by atoms with Crippen LogP contribution in [0.25, 0.3) is 0 Å². The third-order valence-electron chi connectivity index (χ3n) is 2.84. The fourth-order valence-electron chi connectivity index (χ4n) is 1.37. The minimum absolute atomic E-state index is 0.0517. The van der Waals surface area contributed by atoms with Gasteiger partial charge in [0.05, 0.1) is 0 Å². The van der Waals surface area contributed by atoms with E-state index in [9.17, 15) is 9.59 Å². The van der Waals surface area contributed by atoms with Gasteiger partial charge in [0.15, 0.2) is 0 Å². The van der Waals surface area contributed by atoms with E-state index in [0.29, 0.717) is 19.4 Å². The number of rotatable bonds is 10. The maximum Gasteiger partial charge on any atom is 0.303 e. The molecule has 0 fully saturated rings. The second-order valence-electron chi connectivity index (χ2n) is 4.61. The molecule has 6 nitrogen and oxygen atoms in total. The van der Waals surface area contributed by atoms with E-state index >= 15 is 0 Å². The zero-order valence-corrected chi connectivity index (χ0v) is 12.1. The van der Waals surface area contributed by atoms with Crippen molar-refractivity contribution in [2.75, 3.05) is 6.54 Å². The van der Waals surface area contributed by atoms with Crippen LogP contribution in [-0.4, -0.2) is 29.6 Å². The molecule has 0 spiro atoms. The molecular weight excluding hydrogens is 258 g/mol. The number of carbonyl (C=O) groups is 2. The van der Waals surface area contributed by atoms with Crippen LogP contribution in [0, 0.1) is 11.3 Å². The van der Waals surface area contributed by atoms with Gasteiger partial charge in [-0.05, 0) is 26.2 Å². The summed E-state index contributed by atoms with van der Waals surface area (Å²) in [6.45, 7) is 4.42. The molecule has 0 aromatic heterocycles. The molecule has 0 aromatic carbocycles. The lowest BCUT2D eigenvalue weighted by Gasteiger charge is -2.09.